The van der Waals surface area contributed by atoms with Crippen LogP contribution in [0.2, 0.25) is 0 Å². The van der Waals surface area contributed by atoms with Crippen molar-refractivity contribution in [3.63, 3.8) is 0 Å². The van der Waals surface area contributed by atoms with Crippen LogP contribution in [0.1, 0.15) is 20.3 Å². The van der Waals surface area contributed by atoms with Gasteiger partial charge < -0.3 is 5.32 Å². The van der Waals surface area contributed by atoms with E-state index in [0.29, 0.717) is 6.04 Å². The van der Waals surface area contributed by atoms with Crippen LogP contribution < -0.4 is 5.32 Å². The lowest BCUT2D eigenvalue weighted by molar-refractivity contribution is 0.513. The fourth-order valence-electron chi connectivity index (χ4n) is 1.09. The maximum absolute atomic E-state index is 4.17. The lowest BCUT2D eigenvalue weighted by Gasteiger charge is -2.07. The summed E-state index contributed by atoms with van der Waals surface area (Å²) in [5.41, 5.74) is 0. The van der Waals surface area contributed by atoms with E-state index in [2.05, 4.69) is 40.2 Å². The molecule has 0 aliphatic carbocycles. The molecule has 0 bridgehead atoms. The molecule has 0 amide bonds. The van der Waals surface area contributed by atoms with Crippen molar-refractivity contribution < 1.29 is 0 Å². The average molecular weight is 246 g/mol. The lowest BCUT2D eigenvalue weighted by Crippen LogP contribution is -2.24. The molecule has 0 aromatic carbocycles. The summed E-state index contributed by atoms with van der Waals surface area (Å²) in [5, 5.41) is 7.54. The summed E-state index contributed by atoms with van der Waals surface area (Å²) < 4.78 is 3.00. The van der Waals surface area contributed by atoms with Gasteiger partial charge >= 0.3 is 0 Å². The van der Waals surface area contributed by atoms with Crippen LogP contribution in [0.3, 0.4) is 0 Å². The van der Waals surface area contributed by atoms with E-state index < -0.39 is 0 Å². The zero-order valence-electron chi connectivity index (χ0n) is 8.13. The first-order valence-corrected chi connectivity index (χ1v) is 5.39. The molecule has 4 heteroatoms. The Bertz CT molecular complexity index is 245. The third-order valence-electron chi connectivity index (χ3n) is 1.72. The van der Waals surface area contributed by atoms with E-state index in [9.17, 15) is 0 Å². The Morgan fingerprint density at radius 1 is 1.62 bits per heavy atom. The molecule has 0 radical (unpaired) electrons. The van der Waals surface area contributed by atoms with E-state index in [1.165, 1.54) is 0 Å². The molecule has 0 atom stereocenters. The number of hydrogen-bond acceptors (Lipinski definition) is 2. The van der Waals surface area contributed by atoms with Gasteiger partial charge in [0, 0.05) is 18.8 Å². The standard InChI is InChI=1S/C9H16BrN3/c1-8(2)11-4-3-5-13-7-9(10)6-12-13/h6-8,11H,3-5H2,1-2H3. The number of halogens is 1. The fraction of sp³-hybridized carbons (Fsp3) is 0.667. The van der Waals surface area contributed by atoms with Crippen molar-refractivity contribution in [1.82, 2.24) is 15.1 Å². The van der Waals surface area contributed by atoms with Gasteiger partial charge in [0.2, 0.25) is 0 Å². The van der Waals surface area contributed by atoms with Crippen LogP contribution in [0.4, 0.5) is 0 Å². The molecule has 1 heterocycles. The van der Waals surface area contributed by atoms with E-state index in [4.69, 9.17) is 0 Å². The van der Waals surface area contributed by atoms with Crippen molar-refractivity contribution in [2.45, 2.75) is 32.9 Å². The molecule has 74 valence electrons. The first kappa shape index (κ1) is 10.7. The average Bonchev–Trinajstić information content (AvgIpc) is 2.45. The maximum Gasteiger partial charge on any atom is 0.0632 e. The van der Waals surface area contributed by atoms with Crippen molar-refractivity contribution >= 4 is 15.9 Å². The molecule has 3 nitrogen and oxygen atoms in total. The molecule has 1 aromatic rings. The fourth-order valence-corrected chi connectivity index (χ4v) is 1.42. The molecule has 1 aromatic heterocycles. The lowest BCUT2D eigenvalue weighted by atomic mass is 10.3. The molecule has 0 aliphatic heterocycles. The zero-order chi connectivity index (χ0) is 9.68. The third kappa shape index (κ3) is 4.43. The Morgan fingerprint density at radius 3 is 2.92 bits per heavy atom. The van der Waals surface area contributed by atoms with Gasteiger partial charge in [0.1, 0.15) is 0 Å². The van der Waals surface area contributed by atoms with E-state index in [0.717, 1.165) is 24.0 Å². The molecular formula is C9H16BrN3. The third-order valence-corrected chi connectivity index (χ3v) is 2.13. The summed E-state index contributed by atoms with van der Waals surface area (Å²) in [5.74, 6) is 0. The molecule has 1 rings (SSSR count). The number of nitrogens with one attached hydrogen (secondary N) is 1. The quantitative estimate of drug-likeness (QED) is 0.805. The highest BCUT2D eigenvalue weighted by Gasteiger charge is 1.95. The Kier molecular flexibility index (Phi) is 4.45. The van der Waals surface area contributed by atoms with E-state index in [1.807, 2.05) is 17.1 Å². The van der Waals surface area contributed by atoms with Crippen LogP contribution in [-0.2, 0) is 6.54 Å². The monoisotopic (exact) mass is 245 g/mol. The zero-order valence-corrected chi connectivity index (χ0v) is 9.71. The Morgan fingerprint density at radius 2 is 2.38 bits per heavy atom. The molecule has 0 saturated heterocycles. The molecule has 1 N–H and O–H groups in total. The molecule has 13 heavy (non-hydrogen) atoms. The summed E-state index contributed by atoms with van der Waals surface area (Å²) >= 11 is 3.37. The second-order valence-corrected chi connectivity index (χ2v) is 4.30. The summed E-state index contributed by atoms with van der Waals surface area (Å²) in [7, 11) is 0. The molecule has 0 spiro atoms. The highest BCUT2D eigenvalue weighted by molar-refractivity contribution is 9.10. The minimum Gasteiger partial charge on any atom is -0.314 e. The van der Waals surface area contributed by atoms with E-state index >= 15 is 0 Å². The van der Waals surface area contributed by atoms with Crippen molar-refractivity contribution in [1.29, 1.82) is 0 Å². The topological polar surface area (TPSA) is 29.9 Å². The summed E-state index contributed by atoms with van der Waals surface area (Å²) in [6, 6.07) is 0.573. The molecule has 0 unspecified atom stereocenters. The molecule has 0 aliphatic rings. The van der Waals surface area contributed by atoms with Crippen molar-refractivity contribution in [2.24, 2.45) is 0 Å². The van der Waals surface area contributed by atoms with Crippen LogP contribution >= 0.6 is 15.9 Å². The molecule has 0 fully saturated rings. The van der Waals surface area contributed by atoms with Crippen LogP contribution in [0.5, 0.6) is 0 Å². The second kappa shape index (κ2) is 5.40. The molecular weight excluding hydrogens is 230 g/mol. The predicted octanol–water partition coefficient (Wildman–Crippen LogP) is 2.03. The van der Waals surface area contributed by atoms with E-state index in [-0.39, 0.29) is 0 Å². The van der Waals surface area contributed by atoms with Gasteiger partial charge in [-0.1, -0.05) is 13.8 Å². The van der Waals surface area contributed by atoms with Gasteiger partial charge in [-0.3, -0.25) is 4.68 Å². The van der Waals surface area contributed by atoms with Crippen LogP contribution in [0, 0.1) is 0 Å². The highest BCUT2D eigenvalue weighted by Crippen LogP contribution is 2.06. The van der Waals surface area contributed by atoms with Crippen molar-refractivity contribution in [2.75, 3.05) is 6.54 Å². The van der Waals surface area contributed by atoms with Gasteiger partial charge in [-0.25, -0.2) is 0 Å². The van der Waals surface area contributed by atoms with E-state index in [1.54, 1.807) is 0 Å². The number of aryl methyl sites for hydroxylation is 1. The minimum absolute atomic E-state index is 0.573. The van der Waals surface area contributed by atoms with Gasteiger partial charge in [-0.2, -0.15) is 5.10 Å². The number of rotatable bonds is 5. The normalized spacial score (nSPS) is 11.1. The molecule has 0 saturated carbocycles. The first-order chi connectivity index (χ1) is 6.18. The van der Waals surface area contributed by atoms with Gasteiger partial charge in [-0.15, -0.1) is 0 Å². The Hall–Kier alpha value is -0.350. The second-order valence-electron chi connectivity index (χ2n) is 3.38. The summed E-state index contributed by atoms with van der Waals surface area (Å²) in [4.78, 5) is 0. The smallest absolute Gasteiger partial charge is 0.0632 e. The van der Waals surface area contributed by atoms with Gasteiger partial charge in [0.25, 0.3) is 0 Å². The number of aromatic nitrogens is 2. The maximum atomic E-state index is 4.17. The number of nitrogens with zero attached hydrogens (tertiary/aromatic N) is 2. The first-order valence-electron chi connectivity index (χ1n) is 4.60. The van der Waals surface area contributed by atoms with Crippen molar-refractivity contribution in [3.8, 4) is 0 Å². The SMILES string of the molecule is CC(C)NCCCn1cc(Br)cn1. The Balaban J connectivity index is 2.13. The van der Waals surface area contributed by atoms with Crippen LogP contribution in [0.25, 0.3) is 0 Å². The predicted molar refractivity (Wildman–Crippen MR) is 57.7 cm³/mol. The highest BCUT2D eigenvalue weighted by atomic mass is 79.9. The largest absolute Gasteiger partial charge is 0.314 e. The van der Waals surface area contributed by atoms with Crippen molar-refractivity contribution in [3.05, 3.63) is 16.9 Å². The Labute approximate surface area is 87.6 Å². The van der Waals surface area contributed by atoms with Gasteiger partial charge in [0.15, 0.2) is 0 Å². The van der Waals surface area contributed by atoms with Crippen LogP contribution in [0.15, 0.2) is 16.9 Å². The van der Waals surface area contributed by atoms with Crippen LogP contribution in [-0.4, -0.2) is 22.4 Å². The van der Waals surface area contributed by atoms with Gasteiger partial charge in [-0.05, 0) is 28.9 Å². The van der Waals surface area contributed by atoms with Gasteiger partial charge in [0.05, 0.1) is 10.7 Å². The summed E-state index contributed by atoms with van der Waals surface area (Å²) in [6.07, 6.45) is 4.93. The number of hydrogen-bond donors (Lipinski definition) is 1. The minimum atomic E-state index is 0.573. The summed E-state index contributed by atoms with van der Waals surface area (Å²) in [6.45, 7) is 6.34.